The SMILES string of the molecule is O=C1CCN(CCCCCS(=O)(=O)NC2(c3cccc(OCC4CC4)c3)CC2)C(=O)N1. The summed E-state index contributed by atoms with van der Waals surface area (Å²) in [6, 6.07) is 7.43. The van der Waals surface area contributed by atoms with Crippen molar-refractivity contribution >= 4 is 22.0 Å². The third-order valence-electron chi connectivity index (χ3n) is 6.15. The lowest BCUT2D eigenvalue weighted by Gasteiger charge is -2.26. The number of nitrogens with one attached hydrogen (secondary N) is 2. The zero-order chi connectivity index (χ0) is 21.9. The number of unbranched alkanes of at least 4 members (excludes halogenated alkanes) is 2. The molecule has 1 aromatic rings. The highest BCUT2D eigenvalue weighted by atomic mass is 32.2. The fourth-order valence-corrected chi connectivity index (χ4v) is 5.49. The average Bonchev–Trinajstić information content (AvgIpc) is 3.64. The number of rotatable bonds is 12. The van der Waals surface area contributed by atoms with Crippen LogP contribution >= 0.6 is 0 Å². The van der Waals surface area contributed by atoms with Gasteiger partial charge in [0, 0.05) is 19.5 Å². The van der Waals surface area contributed by atoms with Gasteiger partial charge in [-0.05, 0) is 62.1 Å². The number of hydrogen-bond donors (Lipinski definition) is 2. The van der Waals surface area contributed by atoms with E-state index in [-0.39, 0.29) is 17.7 Å². The predicted molar refractivity (Wildman–Crippen MR) is 116 cm³/mol. The Balaban J connectivity index is 1.21. The molecule has 1 saturated heterocycles. The number of sulfonamides is 1. The highest BCUT2D eigenvalue weighted by molar-refractivity contribution is 7.89. The predicted octanol–water partition coefficient (Wildman–Crippen LogP) is 2.50. The molecule has 0 radical (unpaired) electrons. The van der Waals surface area contributed by atoms with Crippen LogP contribution in [0.5, 0.6) is 5.75 Å². The summed E-state index contributed by atoms with van der Waals surface area (Å²) in [5, 5.41) is 2.30. The lowest BCUT2D eigenvalue weighted by Crippen LogP contribution is -2.49. The monoisotopic (exact) mass is 449 g/mol. The first-order chi connectivity index (χ1) is 14.9. The largest absolute Gasteiger partial charge is 0.493 e. The van der Waals surface area contributed by atoms with Gasteiger partial charge in [-0.15, -0.1) is 0 Å². The summed E-state index contributed by atoms with van der Waals surface area (Å²) in [5.74, 6) is 1.30. The molecule has 9 heteroatoms. The van der Waals surface area contributed by atoms with Crippen molar-refractivity contribution in [3.05, 3.63) is 29.8 Å². The van der Waals surface area contributed by atoms with Crippen molar-refractivity contribution in [1.29, 1.82) is 0 Å². The molecule has 2 aliphatic carbocycles. The van der Waals surface area contributed by atoms with Gasteiger partial charge in [0.15, 0.2) is 0 Å². The summed E-state index contributed by atoms with van der Waals surface area (Å²) in [6.45, 7) is 1.69. The van der Waals surface area contributed by atoms with Crippen LogP contribution in [-0.2, 0) is 20.4 Å². The topological polar surface area (TPSA) is 105 Å². The zero-order valence-corrected chi connectivity index (χ0v) is 18.6. The molecule has 1 heterocycles. The zero-order valence-electron chi connectivity index (χ0n) is 17.8. The second kappa shape index (κ2) is 9.16. The number of urea groups is 1. The van der Waals surface area contributed by atoms with Crippen molar-refractivity contribution in [3.8, 4) is 5.75 Å². The molecule has 0 aromatic heterocycles. The van der Waals surface area contributed by atoms with E-state index in [0.29, 0.717) is 44.7 Å². The molecule has 0 bridgehead atoms. The van der Waals surface area contributed by atoms with Gasteiger partial charge in [-0.3, -0.25) is 10.1 Å². The minimum atomic E-state index is -3.41. The number of ether oxygens (including phenoxy) is 1. The molecule has 3 aliphatic rings. The number of nitrogens with zero attached hydrogens (tertiary/aromatic N) is 1. The van der Waals surface area contributed by atoms with Crippen LogP contribution in [0.1, 0.15) is 56.9 Å². The molecule has 3 fully saturated rings. The minimum Gasteiger partial charge on any atom is -0.493 e. The first-order valence-electron chi connectivity index (χ1n) is 11.2. The standard InChI is InChI=1S/C22H31N3O5S/c26-20-9-13-25(21(27)23-20)12-2-1-3-14-31(28,29)24-22(10-11-22)18-5-4-6-19(15-18)30-16-17-7-8-17/h4-6,15,17,24H,1-3,7-14,16H2,(H,23,26,27). The summed E-state index contributed by atoms with van der Waals surface area (Å²) < 4.78 is 34.1. The van der Waals surface area contributed by atoms with Crippen LogP contribution in [0.2, 0.25) is 0 Å². The van der Waals surface area contributed by atoms with Crippen molar-refractivity contribution in [2.45, 2.75) is 56.9 Å². The molecule has 170 valence electrons. The second-order valence-electron chi connectivity index (χ2n) is 8.94. The lowest BCUT2D eigenvalue weighted by molar-refractivity contribution is -0.121. The van der Waals surface area contributed by atoms with Crippen molar-refractivity contribution in [2.24, 2.45) is 5.92 Å². The van der Waals surface area contributed by atoms with E-state index in [1.165, 1.54) is 12.8 Å². The fourth-order valence-electron chi connectivity index (χ4n) is 3.89. The number of hydrogen-bond acceptors (Lipinski definition) is 5. The van der Waals surface area contributed by atoms with Gasteiger partial charge in [-0.2, -0.15) is 0 Å². The van der Waals surface area contributed by atoms with E-state index in [9.17, 15) is 18.0 Å². The summed E-state index contributed by atoms with van der Waals surface area (Å²) in [6.07, 6.45) is 6.31. The van der Waals surface area contributed by atoms with Crippen molar-refractivity contribution in [3.63, 3.8) is 0 Å². The highest BCUT2D eigenvalue weighted by Gasteiger charge is 2.47. The lowest BCUT2D eigenvalue weighted by atomic mass is 10.1. The van der Waals surface area contributed by atoms with Gasteiger partial charge < -0.3 is 9.64 Å². The van der Waals surface area contributed by atoms with Crippen molar-refractivity contribution in [2.75, 3.05) is 25.4 Å². The third-order valence-corrected chi connectivity index (χ3v) is 7.68. The van der Waals surface area contributed by atoms with Gasteiger partial charge in [-0.1, -0.05) is 18.6 Å². The van der Waals surface area contributed by atoms with Crippen LogP contribution in [-0.4, -0.2) is 50.7 Å². The molecular formula is C22H31N3O5S. The van der Waals surface area contributed by atoms with E-state index in [0.717, 1.165) is 30.8 Å². The third kappa shape index (κ3) is 6.20. The molecule has 2 N–H and O–H groups in total. The molecule has 8 nitrogen and oxygen atoms in total. The average molecular weight is 450 g/mol. The quantitative estimate of drug-likeness (QED) is 0.477. The minimum absolute atomic E-state index is 0.0668. The normalized spacial score (nSPS) is 20.5. The molecule has 4 rings (SSSR count). The summed E-state index contributed by atoms with van der Waals surface area (Å²) in [5.41, 5.74) is 0.464. The van der Waals surface area contributed by atoms with Gasteiger partial charge in [0.2, 0.25) is 15.9 Å². The second-order valence-corrected chi connectivity index (χ2v) is 10.8. The van der Waals surface area contributed by atoms with Crippen molar-refractivity contribution < 1.29 is 22.7 Å². The van der Waals surface area contributed by atoms with Crippen LogP contribution in [0.25, 0.3) is 0 Å². The molecule has 1 aliphatic heterocycles. The van der Waals surface area contributed by atoms with Gasteiger partial charge in [-0.25, -0.2) is 17.9 Å². The maximum absolute atomic E-state index is 12.7. The maximum atomic E-state index is 12.7. The first-order valence-corrected chi connectivity index (χ1v) is 12.8. The Kier molecular flexibility index (Phi) is 6.52. The van der Waals surface area contributed by atoms with Gasteiger partial charge in [0.1, 0.15) is 5.75 Å². The Hall–Kier alpha value is -2.13. The Morgan fingerprint density at radius 1 is 1.16 bits per heavy atom. The van der Waals surface area contributed by atoms with Crippen molar-refractivity contribution in [1.82, 2.24) is 14.9 Å². The molecular weight excluding hydrogens is 418 g/mol. The van der Waals surface area contributed by atoms with E-state index in [1.807, 2.05) is 24.3 Å². The van der Waals surface area contributed by atoms with E-state index >= 15 is 0 Å². The van der Waals surface area contributed by atoms with Crippen LogP contribution < -0.4 is 14.8 Å². The Morgan fingerprint density at radius 2 is 1.97 bits per heavy atom. The number of amides is 3. The smallest absolute Gasteiger partial charge is 0.324 e. The van der Waals surface area contributed by atoms with Gasteiger partial charge in [0.05, 0.1) is 17.9 Å². The molecule has 31 heavy (non-hydrogen) atoms. The van der Waals surface area contributed by atoms with Crippen LogP contribution in [0, 0.1) is 5.92 Å². The van der Waals surface area contributed by atoms with Crippen LogP contribution in [0.3, 0.4) is 0 Å². The van der Waals surface area contributed by atoms with Crippen LogP contribution in [0.15, 0.2) is 24.3 Å². The molecule has 0 unspecified atom stereocenters. The fraction of sp³-hybridized carbons (Fsp3) is 0.636. The Morgan fingerprint density at radius 3 is 2.68 bits per heavy atom. The van der Waals surface area contributed by atoms with Gasteiger partial charge >= 0.3 is 6.03 Å². The summed E-state index contributed by atoms with van der Waals surface area (Å²) in [7, 11) is -3.41. The first kappa shape index (κ1) is 22.1. The highest BCUT2D eigenvalue weighted by Crippen LogP contribution is 2.47. The number of benzene rings is 1. The Labute approximate surface area is 183 Å². The Bertz CT molecular complexity index is 925. The summed E-state index contributed by atoms with van der Waals surface area (Å²) in [4.78, 5) is 24.5. The number of carbonyl (C=O) groups is 2. The molecule has 3 amide bonds. The maximum Gasteiger partial charge on any atom is 0.324 e. The molecule has 0 atom stereocenters. The van der Waals surface area contributed by atoms with Crippen LogP contribution in [0.4, 0.5) is 4.79 Å². The van der Waals surface area contributed by atoms with Gasteiger partial charge in [0.25, 0.3) is 0 Å². The molecule has 1 aromatic carbocycles. The molecule has 2 saturated carbocycles. The van der Waals surface area contributed by atoms with E-state index in [4.69, 9.17) is 4.74 Å². The van der Waals surface area contributed by atoms with E-state index in [2.05, 4.69) is 10.0 Å². The summed E-state index contributed by atoms with van der Waals surface area (Å²) >= 11 is 0. The number of imide groups is 1. The van der Waals surface area contributed by atoms with E-state index < -0.39 is 15.6 Å². The molecule has 0 spiro atoms. The number of carbonyl (C=O) groups excluding carboxylic acids is 2. The van der Waals surface area contributed by atoms with E-state index in [1.54, 1.807) is 4.90 Å².